The summed E-state index contributed by atoms with van der Waals surface area (Å²) in [5.74, 6) is -0.634. The van der Waals surface area contributed by atoms with Crippen molar-refractivity contribution in [3.8, 4) is 0 Å². The van der Waals surface area contributed by atoms with Gasteiger partial charge in [-0.25, -0.2) is 4.79 Å². The second kappa shape index (κ2) is 11.6. The zero-order valence-electron chi connectivity index (χ0n) is 9.73. The van der Waals surface area contributed by atoms with Crippen molar-refractivity contribution in [1.29, 1.82) is 0 Å². The molecule has 0 aromatic carbocycles. The van der Waals surface area contributed by atoms with Crippen molar-refractivity contribution >= 4 is 14.2 Å². The molecule has 0 bridgehead atoms. The average Bonchev–Trinajstić information content (AvgIpc) is 2.17. The Kier molecular flexibility index (Phi) is 13.0. The van der Waals surface area contributed by atoms with Crippen LogP contribution in [0.4, 0.5) is 0 Å². The lowest BCUT2D eigenvalue weighted by molar-refractivity contribution is -0.150. The van der Waals surface area contributed by atoms with Gasteiger partial charge in [-0.15, -0.1) is 9.42 Å². The van der Waals surface area contributed by atoms with E-state index in [0.717, 1.165) is 0 Å². The van der Waals surface area contributed by atoms with E-state index in [4.69, 9.17) is 4.89 Å². The number of hydrogen-bond acceptors (Lipinski definition) is 4. The Balaban J connectivity index is 0. The highest BCUT2D eigenvalue weighted by atomic mass is 31.1. The van der Waals surface area contributed by atoms with Gasteiger partial charge >= 0.3 is 14.2 Å². The third-order valence-electron chi connectivity index (χ3n) is 1.37. The molecular formula is C9H20O5P+. The van der Waals surface area contributed by atoms with Crippen molar-refractivity contribution in [1.82, 2.24) is 0 Å². The molecular weight excluding hydrogens is 219 g/mol. The van der Waals surface area contributed by atoms with Crippen molar-refractivity contribution in [2.45, 2.75) is 46.6 Å². The number of ether oxygens (including phenoxy) is 1. The maximum atomic E-state index is 10.7. The third-order valence-corrected chi connectivity index (χ3v) is 1.86. The number of esters is 1. The number of rotatable bonds is 5. The average molecular weight is 239 g/mol. The Morgan fingerprint density at radius 3 is 2.07 bits per heavy atom. The Labute approximate surface area is 91.7 Å². The van der Waals surface area contributed by atoms with Crippen molar-refractivity contribution in [3.63, 3.8) is 0 Å². The van der Waals surface area contributed by atoms with Gasteiger partial charge in [0.15, 0.2) is 0 Å². The second-order valence-electron chi connectivity index (χ2n) is 2.74. The fourth-order valence-electron chi connectivity index (χ4n) is 0.438. The van der Waals surface area contributed by atoms with Gasteiger partial charge in [0.1, 0.15) is 0 Å². The molecule has 0 rings (SSSR count). The van der Waals surface area contributed by atoms with Crippen LogP contribution in [0.25, 0.3) is 0 Å². The number of unbranched alkanes of at least 4 members (excludes halogenated alkanes) is 1. The first kappa shape index (κ1) is 16.9. The van der Waals surface area contributed by atoms with E-state index in [0.29, 0.717) is 0 Å². The SMILES string of the molecule is CCCC.CCOC(=O)C(C)O[P+](=O)O. The van der Waals surface area contributed by atoms with Crippen LogP contribution in [0.15, 0.2) is 0 Å². The van der Waals surface area contributed by atoms with E-state index >= 15 is 0 Å². The van der Waals surface area contributed by atoms with Crippen molar-refractivity contribution in [2.24, 2.45) is 0 Å². The molecule has 90 valence electrons. The molecule has 0 amide bonds. The fourth-order valence-corrected chi connectivity index (χ4v) is 0.794. The third kappa shape index (κ3) is 13.5. The van der Waals surface area contributed by atoms with Crippen LogP contribution in [-0.2, 0) is 18.6 Å². The van der Waals surface area contributed by atoms with Crippen LogP contribution in [-0.4, -0.2) is 23.6 Å². The molecule has 0 aliphatic heterocycles. The minimum absolute atomic E-state index is 0.231. The van der Waals surface area contributed by atoms with Crippen LogP contribution in [0.2, 0.25) is 0 Å². The summed E-state index contributed by atoms with van der Waals surface area (Å²) >= 11 is 0. The van der Waals surface area contributed by atoms with Crippen molar-refractivity contribution in [3.05, 3.63) is 0 Å². The Morgan fingerprint density at radius 2 is 1.80 bits per heavy atom. The predicted molar refractivity (Wildman–Crippen MR) is 57.6 cm³/mol. The summed E-state index contributed by atoms with van der Waals surface area (Å²) in [7, 11) is -2.73. The summed E-state index contributed by atoms with van der Waals surface area (Å²) in [5, 5.41) is 0. The minimum Gasteiger partial charge on any atom is -0.464 e. The molecule has 15 heavy (non-hydrogen) atoms. The summed E-state index contributed by atoms with van der Waals surface area (Å²) in [4.78, 5) is 18.9. The summed E-state index contributed by atoms with van der Waals surface area (Å²) in [6.07, 6.45) is 1.66. The summed E-state index contributed by atoms with van der Waals surface area (Å²) in [5.41, 5.74) is 0. The van der Waals surface area contributed by atoms with Crippen molar-refractivity contribution < 1.29 is 23.5 Å². The lowest BCUT2D eigenvalue weighted by Crippen LogP contribution is -2.20. The van der Waals surface area contributed by atoms with E-state index in [1.807, 2.05) is 0 Å². The van der Waals surface area contributed by atoms with E-state index in [1.165, 1.54) is 19.8 Å². The molecule has 6 heteroatoms. The molecule has 0 radical (unpaired) electrons. The van der Waals surface area contributed by atoms with Crippen molar-refractivity contribution in [2.75, 3.05) is 6.61 Å². The van der Waals surface area contributed by atoms with Gasteiger partial charge < -0.3 is 4.74 Å². The molecule has 0 aromatic heterocycles. The van der Waals surface area contributed by atoms with Gasteiger partial charge in [-0.1, -0.05) is 26.7 Å². The quantitative estimate of drug-likeness (QED) is 0.589. The summed E-state index contributed by atoms with van der Waals surface area (Å²) < 4.78 is 18.8. The zero-order valence-corrected chi connectivity index (χ0v) is 10.6. The van der Waals surface area contributed by atoms with Gasteiger partial charge in [0.05, 0.1) is 6.61 Å². The molecule has 1 N–H and O–H groups in total. The van der Waals surface area contributed by atoms with Gasteiger partial charge in [0.2, 0.25) is 6.10 Å². The molecule has 2 atom stereocenters. The maximum absolute atomic E-state index is 10.7. The first-order valence-corrected chi connectivity index (χ1v) is 6.12. The van der Waals surface area contributed by atoms with E-state index < -0.39 is 20.3 Å². The molecule has 0 aromatic rings. The molecule has 0 saturated heterocycles. The lowest BCUT2D eigenvalue weighted by Gasteiger charge is -2.01. The zero-order chi connectivity index (χ0) is 12.3. The standard InChI is InChI=1S/C5H9O5P.C4H10/c1-3-9-5(6)4(2)10-11(7)8;1-3-4-2/h4H,3H2,1-2H3;3-4H2,1-2H3/p+1. The van der Waals surface area contributed by atoms with Crippen LogP contribution >= 0.6 is 8.25 Å². The lowest BCUT2D eigenvalue weighted by atomic mass is 10.4. The number of carbonyl (C=O) groups excluding carboxylic acids is 1. The van der Waals surface area contributed by atoms with E-state index in [-0.39, 0.29) is 6.61 Å². The highest BCUT2D eigenvalue weighted by Gasteiger charge is 2.26. The smallest absolute Gasteiger partial charge is 0.464 e. The van der Waals surface area contributed by atoms with Gasteiger partial charge in [-0.05, 0) is 13.8 Å². The molecule has 0 heterocycles. The van der Waals surface area contributed by atoms with Crippen LogP contribution in [0.3, 0.4) is 0 Å². The van der Waals surface area contributed by atoms with E-state index in [1.54, 1.807) is 6.92 Å². The summed E-state index contributed by atoms with van der Waals surface area (Å²) in [6.45, 7) is 7.58. The number of hydrogen-bond donors (Lipinski definition) is 1. The maximum Gasteiger partial charge on any atom is 0.695 e. The molecule has 0 aliphatic carbocycles. The molecule has 0 saturated carbocycles. The van der Waals surface area contributed by atoms with Crippen LogP contribution in [0, 0.1) is 0 Å². The monoisotopic (exact) mass is 239 g/mol. The Bertz CT molecular complexity index is 181. The van der Waals surface area contributed by atoms with E-state index in [9.17, 15) is 9.36 Å². The van der Waals surface area contributed by atoms with Crippen LogP contribution in [0.1, 0.15) is 40.5 Å². The first-order chi connectivity index (χ1) is 6.99. The highest BCUT2D eigenvalue weighted by molar-refractivity contribution is 7.32. The molecule has 5 nitrogen and oxygen atoms in total. The molecule has 2 unspecified atom stereocenters. The first-order valence-electron chi connectivity index (χ1n) is 4.99. The largest absolute Gasteiger partial charge is 0.695 e. The van der Waals surface area contributed by atoms with E-state index in [2.05, 4.69) is 23.1 Å². The Morgan fingerprint density at radius 1 is 1.33 bits per heavy atom. The van der Waals surface area contributed by atoms with Crippen LogP contribution < -0.4 is 0 Å². The topological polar surface area (TPSA) is 72.8 Å². The molecule has 0 fully saturated rings. The number of carbonyl (C=O) groups is 1. The normalized spacial score (nSPS) is 12.2. The van der Waals surface area contributed by atoms with Gasteiger partial charge in [0.25, 0.3) is 0 Å². The van der Waals surface area contributed by atoms with Gasteiger partial charge in [-0.3, -0.25) is 0 Å². The molecule has 0 aliphatic rings. The molecule has 0 spiro atoms. The minimum atomic E-state index is -2.73. The fraction of sp³-hybridized carbons (Fsp3) is 0.889. The summed E-state index contributed by atoms with van der Waals surface area (Å²) in [6, 6.07) is 0. The second-order valence-corrected chi connectivity index (χ2v) is 3.42. The highest BCUT2D eigenvalue weighted by Crippen LogP contribution is 2.18. The van der Waals surface area contributed by atoms with Gasteiger partial charge in [0, 0.05) is 4.57 Å². The van der Waals surface area contributed by atoms with Gasteiger partial charge in [-0.2, -0.15) is 0 Å². The Hall–Kier alpha value is -0.510. The predicted octanol–water partition coefficient (Wildman–Crippen LogP) is 2.41. The van der Waals surface area contributed by atoms with Crippen LogP contribution in [0.5, 0.6) is 0 Å².